The van der Waals surface area contributed by atoms with Crippen LogP contribution in [0.5, 0.6) is 5.75 Å². The van der Waals surface area contributed by atoms with Gasteiger partial charge in [-0.15, -0.1) is 4.73 Å². The van der Waals surface area contributed by atoms with E-state index in [4.69, 9.17) is 9.57 Å². The quantitative estimate of drug-likeness (QED) is 0.572. The van der Waals surface area contributed by atoms with Crippen LogP contribution in [-0.2, 0) is 7.05 Å². The Hall–Kier alpha value is -2.95. The first-order chi connectivity index (χ1) is 11.2. The van der Waals surface area contributed by atoms with Crippen LogP contribution in [0.15, 0.2) is 47.3 Å². The zero-order chi connectivity index (χ0) is 16.1. The first kappa shape index (κ1) is 13.7. The summed E-state index contributed by atoms with van der Waals surface area (Å²) in [6, 6.07) is 13.5. The summed E-state index contributed by atoms with van der Waals surface area (Å²) in [6.07, 6.45) is 0. The van der Waals surface area contributed by atoms with E-state index < -0.39 is 0 Å². The molecule has 0 atom stereocenters. The van der Waals surface area contributed by atoms with Crippen LogP contribution >= 0.6 is 0 Å². The molecule has 2 heterocycles. The van der Waals surface area contributed by atoms with Crippen LogP contribution in [0.1, 0.15) is 0 Å². The number of hydrogen-bond donors (Lipinski definition) is 0. The third-order valence-electron chi connectivity index (χ3n) is 4.37. The molecule has 0 aliphatic rings. The maximum Gasteiger partial charge on any atom is 0.293 e. The molecule has 4 rings (SSSR count). The van der Waals surface area contributed by atoms with E-state index in [0.717, 1.165) is 33.1 Å². The molecule has 0 saturated carbocycles. The molecule has 4 aromatic rings. The van der Waals surface area contributed by atoms with Crippen molar-refractivity contribution in [3.8, 4) is 5.75 Å². The standard InChI is InChI=1S/C18H16N2O3/c1-19-15-10-11(22-2)8-9-12(15)16-17(19)13-6-4-5-7-14(13)20(23-3)18(16)21/h4-10H,1-3H3. The molecule has 0 spiro atoms. The Morgan fingerprint density at radius 1 is 0.957 bits per heavy atom. The van der Waals surface area contributed by atoms with Crippen LogP contribution in [0.25, 0.3) is 32.7 Å². The van der Waals surface area contributed by atoms with Gasteiger partial charge in [-0.2, -0.15) is 0 Å². The predicted molar refractivity (Wildman–Crippen MR) is 91.2 cm³/mol. The molecule has 0 N–H and O–H groups in total. The Balaban J connectivity index is 2.36. The van der Waals surface area contributed by atoms with Crippen LogP contribution in [0.2, 0.25) is 0 Å². The van der Waals surface area contributed by atoms with Gasteiger partial charge in [0, 0.05) is 23.9 Å². The second-order valence-electron chi connectivity index (χ2n) is 5.46. The van der Waals surface area contributed by atoms with E-state index in [-0.39, 0.29) is 5.56 Å². The lowest BCUT2D eigenvalue weighted by Gasteiger charge is -2.10. The molecule has 0 saturated heterocycles. The fourth-order valence-corrected chi connectivity index (χ4v) is 3.32. The molecule has 5 heteroatoms. The smallest absolute Gasteiger partial charge is 0.293 e. The van der Waals surface area contributed by atoms with E-state index in [9.17, 15) is 4.79 Å². The number of ether oxygens (including phenoxy) is 1. The lowest BCUT2D eigenvalue weighted by Crippen LogP contribution is -2.25. The fraction of sp³-hybridized carbons (Fsp3) is 0.167. The number of pyridine rings is 1. The summed E-state index contributed by atoms with van der Waals surface area (Å²) in [5, 5.41) is 2.53. The minimum absolute atomic E-state index is 0.156. The van der Waals surface area contributed by atoms with Crippen molar-refractivity contribution < 1.29 is 9.57 Å². The van der Waals surface area contributed by atoms with E-state index in [2.05, 4.69) is 0 Å². The third kappa shape index (κ3) is 1.70. The Morgan fingerprint density at radius 2 is 1.74 bits per heavy atom. The first-order valence-corrected chi connectivity index (χ1v) is 7.31. The van der Waals surface area contributed by atoms with Gasteiger partial charge in [0.25, 0.3) is 5.56 Å². The molecule has 0 unspecified atom stereocenters. The van der Waals surface area contributed by atoms with Gasteiger partial charge in [0.2, 0.25) is 0 Å². The number of para-hydroxylation sites is 1. The van der Waals surface area contributed by atoms with Crippen molar-refractivity contribution in [2.24, 2.45) is 7.05 Å². The molecule has 0 aliphatic carbocycles. The number of hydrogen-bond acceptors (Lipinski definition) is 3. The van der Waals surface area contributed by atoms with Crippen molar-refractivity contribution >= 4 is 32.7 Å². The molecule has 0 bridgehead atoms. The van der Waals surface area contributed by atoms with Crippen LogP contribution in [0, 0.1) is 0 Å². The summed E-state index contributed by atoms with van der Waals surface area (Å²) in [5.74, 6) is 0.764. The van der Waals surface area contributed by atoms with E-state index >= 15 is 0 Å². The fourth-order valence-electron chi connectivity index (χ4n) is 3.32. The number of fused-ring (bicyclic) bond motifs is 5. The Morgan fingerprint density at radius 3 is 2.48 bits per heavy atom. The second-order valence-corrected chi connectivity index (χ2v) is 5.46. The van der Waals surface area contributed by atoms with Crippen molar-refractivity contribution in [3.05, 3.63) is 52.8 Å². The Labute approximate surface area is 132 Å². The van der Waals surface area contributed by atoms with Gasteiger partial charge in [-0.25, -0.2) is 0 Å². The van der Waals surface area contributed by atoms with Crippen molar-refractivity contribution in [1.29, 1.82) is 0 Å². The Bertz CT molecular complexity index is 1120. The average molecular weight is 308 g/mol. The molecule has 0 amide bonds. The highest BCUT2D eigenvalue weighted by Crippen LogP contribution is 2.32. The lowest BCUT2D eigenvalue weighted by atomic mass is 10.1. The summed E-state index contributed by atoms with van der Waals surface area (Å²) in [6.45, 7) is 0. The normalized spacial score (nSPS) is 11.4. The maximum atomic E-state index is 12.9. The topological polar surface area (TPSA) is 45.4 Å². The van der Waals surface area contributed by atoms with Gasteiger partial charge >= 0.3 is 0 Å². The van der Waals surface area contributed by atoms with Crippen LogP contribution in [0.4, 0.5) is 0 Å². The highest BCUT2D eigenvalue weighted by molar-refractivity contribution is 6.16. The summed E-state index contributed by atoms with van der Waals surface area (Å²) in [4.78, 5) is 18.3. The molecule has 0 aliphatic heterocycles. The molecule has 0 radical (unpaired) electrons. The highest BCUT2D eigenvalue weighted by Gasteiger charge is 2.18. The van der Waals surface area contributed by atoms with Gasteiger partial charge in [0.1, 0.15) is 12.9 Å². The maximum absolute atomic E-state index is 12.9. The third-order valence-corrected chi connectivity index (χ3v) is 4.37. The molecular formula is C18H16N2O3. The minimum atomic E-state index is -0.156. The molecule has 116 valence electrons. The Kier molecular flexibility index (Phi) is 2.84. The van der Waals surface area contributed by atoms with Gasteiger partial charge in [-0.1, -0.05) is 18.2 Å². The van der Waals surface area contributed by atoms with Gasteiger partial charge in [0.15, 0.2) is 0 Å². The first-order valence-electron chi connectivity index (χ1n) is 7.31. The van der Waals surface area contributed by atoms with E-state index in [1.165, 1.54) is 11.8 Å². The molecule has 2 aromatic heterocycles. The van der Waals surface area contributed by atoms with E-state index in [1.807, 2.05) is 54.1 Å². The number of rotatable bonds is 2. The summed E-state index contributed by atoms with van der Waals surface area (Å²) in [7, 11) is 5.11. The largest absolute Gasteiger partial charge is 0.497 e. The van der Waals surface area contributed by atoms with Gasteiger partial charge < -0.3 is 14.1 Å². The zero-order valence-electron chi connectivity index (χ0n) is 13.2. The lowest BCUT2D eigenvalue weighted by molar-refractivity contribution is 0.170. The average Bonchev–Trinajstić information content (AvgIpc) is 2.88. The van der Waals surface area contributed by atoms with Crippen molar-refractivity contribution in [2.75, 3.05) is 14.2 Å². The molecule has 23 heavy (non-hydrogen) atoms. The summed E-state index contributed by atoms with van der Waals surface area (Å²) in [5.41, 5.74) is 2.46. The van der Waals surface area contributed by atoms with Crippen LogP contribution < -0.4 is 15.1 Å². The SMILES string of the molecule is COc1ccc2c3c(=O)n(OC)c4ccccc4c3n(C)c2c1. The van der Waals surface area contributed by atoms with Gasteiger partial charge in [0.05, 0.1) is 29.0 Å². The minimum Gasteiger partial charge on any atom is -0.497 e. The number of nitrogens with zero attached hydrogens (tertiary/aromatic N) is 2. The van der Waals surface area contributed by atoms with E-state index in [1.54, 1.807) is 7.11 Å². The van der Waals surface area contributed by atoms with Gasteiger partial charge in [-0.05, 0) is 18.2 Å². The molecular weight excluding hydrogens is 292 g/mol. The van der Waals surface area contributed by atoms with Crippen LogP contribution in [0.3, 0.4) is 0 Å². The van der Waals surface area contributed by atoms with E-state index in [0.29, 0.717) is 5.39 Å². The summed E-state index contributed by atoms with van der Waals surface area (Å²) >= 11 is 0. The molecule has 2 aromatic carbocycles. The van der Waals surface area contributed by atoms with Gasteiger partial charge in [-0.3, -0.25) is 4.79 Å². The molecule has 5 nitrogen and oxygen atoms in total. The number of benzene rings is 2. The summed E-state index contributed by atoms with van der Waals surface area (Å²) < 4.78 is 8.70. The second kappa shape index (κ2) is 4.78. The number of methoxy groups -OCH3 is 1. The van der Waals surface area contributed by atoms with Crippen molar-refractivity contribution in [1.82, 2.24) is 9.30 Å². The monoisotopic (exact) mass is 308 g/mol. The van der Waals surface area contributed by atoms with Crippen molar-refractivity contribution in [2.45, 2.75) is 0 Å². The predicted octanol–water partition coefficient (Wildman–Crippen LogP) is 2.71. The van der Waals surface area contributed by atoms with Crippen molar-refractivity contribution in [3.63, 3.8) is 0 Å². The number of aryl methyl sites for hydroxylation is 1. The highest BCUT2D eigenvalue weighted by atomic mass is 16.6. The molecule has 0 fully saturated rings. The zero-order valence-corrected chi connectivity index (χ0v) is 13.2. The van der Waals surface area contributed by atoms with Crippen LogP contribution in [-0.4, -0.2) is 23.5 Å². The number of aromatic nitrogens is 2.